The maximum absolute atomic E-state index is 13.9. The first-order valence-electron chi connectivity index (χ1n) is 10.9. The lowest BCUT2D eigenvalue weighted by atomic mass is 9.77. The van der Waals surface area contributed by atoms with E-state index in [0.717, 1.165) is 10.5 Å². The van der Waals surface area contributed by atoms with Crippen molar-refractivity contribution in [3.05, 3.63) is 99.5 Å². The Morgan fingerprint density at radius 2 is 1.38 bits per heavy atom. The predicted molar refractivity (Wildman–Crippen MR) is 126 cm³/mol. The number of nitrogens with zero attached hydrogens (tertiary/aromatic N) is 1. The number of ether oxygens (including phenoxy) is 1. The van der Waals surface area contributed by atoms with Gasteiger partial charge < -0.3 is 4.74 Å². The van der Waals surface area contributed by atoms with Gasteiger partial charge in [-0.2, -0.15) is 0 Å². The summed E-state index contributed by atoms with van der Waals surface area (Å²) >= 11 is 3.42. The second-order valence-corrected chi connectivity index (χ2v) is 9.71. The van der Waals surface area contributed by atoms with E-state index in [1.807, 2.05) is 31.2 Å². The van der Waals surface area contributed by atoms with Crippen LogP contribution in [0.5, 0.6) is 0 Å². The molecule has 2 saturated heterocycles. The molecule has 2 aliphatic heterocycles. The number of hydrogen-bond donors (Lipinski definition) is 0. The van der Waals surface area contributed by atoms with Crippen LogP contribution in [0.2, 0.25) is 0 Å². The van der Waals surface area contributed by atoms with Crippen LogP contribution in [0.3, 0.4) is 0 Å². The Labute approximate surface area is 203 Å². The molecule has 7 heteroatoms. The van der Waals surface area contributed by atoms with Gasteiger partial charge in [-0.3, -0.25) is 19.2 Å². The van der Waals surface area contributed by atoms with Gasteiger partial charge in [0.15, 0.2) is 0 Å². The van der Waals surface area contributed by atoms with Crippen LogP contribution in [0.15, 0.2) is 77.3 Å². The summed E-state index contributed by atoms with van der Waals surface area (Å²) in [4.78, 5) is 56.2. The number of ketones is 2. The van der Waals surface area contributed by atoms with Crippen molar-refractivity contribution in [2.24, 2.45) is 11.8 Å². The largest absolute Gasteiger partial charge is 0.349 e. The summed E-state index contributed by atoms with van der Waals surface area (Å²) in [6.07, 6.45) is -0.920. The maximum Gasteiger partial charge on any atom is 0.241 e. The van der Waals surface area contributed by atoms with Crippen LogP contribution in [0.4, 0.5) is 5.69 Å². The van der Waals surface area contributed by atoms with Gasteiger partial charge >= 0.3 is 0 Å². The van der Waals surface area contributed by atoms with Gasteiger partial charge in [-0.15, -0.1) is 0 Å². The second-order valence-electron chi connectivity index (χ2n) is 8.86. The third-order valence-electron chi connectivity index (χ3n) is 7.02. The average molecular weight is 516 g/mol. The average Bonchev–Trinajstić information content (AvgIpc) is 3.40. The fourth-order valence-electron chi connectivity index (χ4n) is 5.44. The lowest BCUT2D eigenvalue weighted by Gasteiger charge is -2.27. The zero-order valence-electron chi connectivity index (χ0n) is 18.0. The molecule has 3 atom stereocenters. The van der Waals surface area contributed by atoms with Gasteiger partial charge in [0, 0.05) is 15.6 Å². The number of Topliss-reactive ketones (excluding diaryl/α,β-unsaturated/α-hetero) is 2. The van der Waals surface area contributed by atoms with E-state index in [-0.39, 0.29) is 11.1 Å². The molecule has 2 heterocycles. The number of benzene rings is 3. The molecule has 6 rings (SSSR count). The third-order valence-corrected chi connectivity index (χ3v) is 7.69. The number of imide groups is 1. The molecule has 0 aromatic heterocycles. The van der Waals surface area contributed by atoms with E-state index in [0.29, 0.717) is 15.7 Å². The van der Waals surface area contributed by atoms with E-state index in [1.165, 1.54) is 0 Å². The van der Waals surface area contributed by atoms with Crippen molar-refractivity contribution in [1.29, 1.82) is 0 Å². The highest BCUT2D eigenvalue weighted by Crippen LogP contribution is 2.58. The molecule has 0 unspecified atom stereocenters. The van der Waals surface area contributed by atoms with Crippen molar-refractivity contribution >= 4 is 45.0 Å². The molecule has 168 valence electrons. The third kappa shape index (κ3) is 2.59. The molecule has 3 aromatic rings. The number of carbonyl (C=O) groups excluding carboxylic acids is 4. The number of amides is 2. The molecule has 6 nitrogen and oxygen atoms in total. The van der Waals surface area contributed by atoms with E-state index >= 15 is 0 Å². The molecular formula is C27H18BrNO5. The lowest BCUT2D eigenvalue weighted by molar-refractivity contribution is -0.127. The minimum Gasteiger partial charge on any atom is -0.349 e. The van der Waals surface area contributed by atoms with Crippen molar-refractivity contribution in [2.45, 2.75) is 18.6 Å². The molecule has 0 bridgehead atoms. The zero-order chi connectivity index (χ0) is 23.8. The topological polar surface area (TPSA) is 80.8 Å². The molecule has 1 aliphatic carbocycles. The van der Waals surface area contributed by atoms with Gasteiger partial charge in [0.2, 0.25) is 29.0 Å². The number of aryl methyl sites for hydroxylation is 1. The smallest absolute Gasteiger partial charge is 0.241 e. The Bertz CT molecular complexity index is 1380. The number of para-hydroxylation sites is 1. The van der Waals surface area contributed by atoms with Crippen LogP contribution >= 0.6 is 15.9 Å². The quantitative estimate of drug-likeness (QED) is 0.372. The van der Waals surface area contributed by atoms with E-state index in [4.69, 9.17) is 4.74 Å². The van der Waals surface area contributed by atoms with Crippen molar-refractivity contribution in [1.82, 2.24) is 0 Å². The Kier molecular flexibility index (Phi) is 4.53. The van der Waals surface area contributed by atoms with E-state index in [1.54, 1.807) is 48.5 Å². The monoisotopic (exact) mass is 515 g/mol. The summed E-state index contributed by atoms with van der Waals surface area (Å²) in [6, 6.07) is 20.7. The maximum atomic E-state index is 13.9. The normalized spacial score (nSPS) is 24.8. The molecule has 3 aromatic carbocycles. The minimum absolute atomic E-state index is 0.218. The highest BCUT2D eigenvalue weighted by molar-refractivity contribution is 9.10. The Morgan fingerprint density at radius 1 is 0.794 bits per heavy atom. The molecule has 2 fully saturated rings. The summed E-state index contributed by atoms with van der Waals surface area (Å²) in [5.41, 5.74) is 0.402. The Balaban J connectivity index is 1.56. The van der Waals surface area contributed by atoms with Crippen LogP contribution in [0.25, 0.3) is 0 Å². The number of rotatable bonds is 2. The first kappa shape index (κ1) is 21.1. The van der Waals surface area contributed by atoms with Crippen molar-refractivity contribution in [3.63, 3.8) is 0 Å². The molecule has 0 saturated carbocycles. The highest BCUT2D eigenvalue weighted by Gasteiger charge is 2.74. The Hall–Kier alpha value is -3.42. The number of halogens is 1. The van der Waals surface area contributed by atoms with E-state index in [2.05, 4.69) is 15.9 Å². The van der Waals surface area contributed by atoms with Crippen molar-refractivity contribution in [2.75, 3.05) is 4.90 Å². The summed E-state index contributed by atoms with van der Waals surface area (Å²) in [7, 11) is 0. The molecule has 1 spiro atoms. The van der Waals surface area contributed by atoms with Crippen LogP contribution in [-0.2, 0) is 14.3 Å². The summed E-state index contributed by atoms with van der Waals surface area (Å²) in [5.74, 6) is -4.48. The van der Waals surface area contributed by atoms with Gasteiger partial charge in [0.1, 0.15) is 0 Å². The van der Waals surface area contributed by atoms with Gasteiger partial charge in [0.25, 0.3) is 0 Å². The zero-order valence-corrected chi connectivity index (χ0v) is 19.6. The Morgan fingerprint density at radius 3 is 2.00 bits per heavy atom. The van der Waals surface area contributed by atoms with Crippen LogP contribution < -0.4 is 4.90 Å². The molecule has 34 heavy (non-hydrogen) atoms. The van der Waals surface area contributed by atoms with Crippen molar-refractivity contribution < 1.29 is 23.9 Å². The number of anilines is 1. The lowest BCUT2D eigenvalue weighted by Crippen LogP contribution is -2.51. The highest BCUT2D eigenvalue weighted by atomic mass is 79.9. The first-order valence-corrected chi connectivity index (χ1v) is 11.7. The van der Waals surface area contributed by atoms with Gasteiger partial charge in [-0.25, -0.2) is 4.90 Å². The summed E-state index contributed by atoms with van der Waals surface area (Å²) in [5, 5.41) is 0. The van der Waals surface area contributed by atoms with Gasteiger partial charge in [0.05, 0.1) is 23.6 Å². The molecule has 0 radical (unpaired) electrons. The summed E-state index contributed by atoms with van der Waals surface area (Å²) < 4.78 is 6.85. The standard InChI is InChI=1S/C27H18BrNO5/c1-14-10-12-15(13-11-14)22-20-21(26(33)29(25(20)32)19-9-5-4-8-18(19)28)27(34-22)23(30)16-6-2-3-7-17(16)24(27)31/h2-13,20-22H,1H3/t20-,21-,22+/m0/s1. The van der Waals surface area contributed by atoms with Gasteiger partial charge in [-0.1, -0.05) is 66.2 Å². The van der Waals surface area contributed by atoms with E-state index < -0.39 is 46.9 Å². The fourth-order valence-corrected chi connectivity index (χ4v) is 5.91. The van der Waals surface area contributed by atoms with Crippen LogP contribution in [0, 0.1) is 18.8 Å². The number of hydrogen-bond acceptors (Lipinski definition) is 5. The minimum atomic E-state index is -2.06. The molecule has 0 N–H and O–H groups in total. The van der Waals surface area contributed by atoms with Gasteiger partial charge in [-0.05, 0) is 40.5 Å². The SMILES string of the molecule is Cc1ccc([C@H]2OC3(C(=O)c4ccccc4C3=O)[C@@H]3C(=O)N(c4ccccc4Br)C(=O)[C@H]23)cc1. The molecule has 3 aliphatic rings. The second kappa shape index (κ2) is 7.29. The van der Waals surface area contributed by atoms with Crippen LogP contribution in [0.1, 0.15) is 37.9 Å². The molecular weight excluding hydrogens is 498 g/mol. The number of fused-ring (bicyclic) bond motifs is 3. The number of carbonyl (C=O) groups is 4. The molecule has 2 amide bonds. The predicted octanol–water partition coefficient (Wildman–Crippen LogP) is 4.45. The van der Waals surface area contributed by atoms with E-state index in [9.17, 15) is 19.2 Å². The van der Waals surface area contributed by atoms with Crippen LogP contribution in [-0.4, -0.2) is 29.0 Å². The van der Waals surface area contributed by atoms with Crippen molar-refractivity contribution in [3.8, 4) is 0 Å². The fraction of sp³-hybridized carbons (Fsp3) is 0.185. The first-order chi connectivity index (χ1) is 16.4. The summed E-state index contributed by atoms with van der Waals surface area (Å²) in [6.45, 7) is 1.93.